The van der Waals surface area contributed by atoms with Crippen LogP contribution in [-0.4, -0.2) is 25.5 Å². The second kappa shape index (κ2) is 9.64. The summed E-state index contributed by atoms with van der Waals surface area (Å²) in [6.45, 7) is 9.20. The summed E-state index contributed by atoms with van der Waals surface area (Å²) in [6, 6.07) is 12.7. The average Bonchev–Trinajstić information content (AvgIpc) is 2.93. The SMILES string of the molecule is CC(C)(C)C(=O)NCCc1ccc(CNc2c(Cl)ccc3c2CCNCC3)cc1. The van der Waals surface area contributed by atoms with E-state index in [-0.39, 0.29) is 11.3 Å². The monoisotopic (exact) mass is 413 g/mol. The van der Waals surface area contributed by atoms with Crippen molar-refractivity contribution in [3.05, 3.63) is 63.7 Å². The molecule has 2 aromatic carbocycles. The number of halogens is 1. The van der Waals surface area contributed by atoms with Crippen LogP contribution in [0.3, 0.4) is 0 Å². The standard InChI is InChI=1S/C24H32ClN3O/c1-24(2,3)23(29)27-15-10-17-4-6-18(7-5-17)16-28-22-20-12-14-26-13-11-19(20)8-9-21(22)25/h4-9,26,28H,10-16H2,1-3H3,(H,27,29). The molecule has 0 bridgehead atoms. The van der Waals surface area contributed by atoms with Gasteiger partial charge in [-0.3, -0.25) is 4.79 Å². The molecule has 0 fully saturated rings. The summed E-state index contributed by atoms with van der Waals surface area (Å²) in [5.74, 6) is 0.0902. The molecule has 0 aliphatic carbocycles. The van der Waals surface area contributed by atoms with Crippen LogP contribution in [0.4, 0.5) is 5.69 Å². The predicted molar refractivity (Wildman–Crippen MR) is 122 cm³/mol. The van der Waals surface area contributed by atoms with Gasteiger partial charge < -0.3 is 16.0 Å². The maximum absolute atomic E-state index is 11.9. The topological polar surface area (TPSA) is 53.2 Å². The fraction of sp³-hybridized carbons (Fsp3) is 0.458. The lowest BCUT2D eigenvalue weighted by atomic mass is 9.95. The lowest BCUT2D eigenvalue weighted by Gasteiger charge is -2.17. The molecule has 3 rings (SSSR count). The van der Waals surface area contributed by atoms with E-state index >= 15 is 0 Å². The number of benzene rings is 2. The van der Waals surface area contributed by atoms with Crippen LogP contribution in [0.15, 0.2) is 36.4 Å². The number of hydrogen-bond donors (Lipinski definition) is 3. The average molecular weight is 414 g/mol. The number of rotatable bonds is 6. The van der Waals surface area contributed by atoms with Gasteiger partial charge in [-0.05, 0) is 60.7 Å². The van der Waals surface area contributed by atoms with Crippen LogP contribution in [0.25, 0.3) is 0 Å². The molecule has 1 heterocycles. The fourth-order valence-electron chi connectivity index (χ4n) is 3.53. The van der Waals surface area contributed by atoms with E-state index in [1.54, 1.807) is 0 Å². The highest BCUT2D eigenvalue weighted by Crippen LogP contribution is 2.31. The number of hydrogen-bond acceptors (Lipinski definition) is 3. The summed E-state index contributed by atoms with van der Waals surface area (Å²) in [6.07, 6.45) is 2.87. The van der Waals surface area contributed by atoms with E-state index < -0.39 is 0 Å². The molecule has 0 radical (unpaired) electrons. The third kappa shape index (κ3) is 5.97. The Morgan fingerprint density at radius 3 is 2.45 bits per heavy atom. The van der Waals surface area contributed by atoms with E-state index in [1.807, 2.05) is 26.8 Å². The summed E-state index contributed by atoms with van der Waals surface area (Å²) in [7, 11) is 0. The van der Waals surface area contributed by atoms with Crippen LogP contribution in [0.2, 0.25) is 5.02 Å². The van der Waals surface area contributed by atoms with Gasteiger partial charge in [0.25, 0.3) is 0 Å². The minimum Gasteiger partial charge on any atom is -0.380 e. The van der Waals surface area contributed by atoms with Gasteiger partial charge in [-0.1, -0.05) is 62.7 Å². The number of carbonyl (C=O) groups is 1. The summed E-state index contributed by atoms with van der Waals surface area (Å²) in [5.41, 5.74) is 5.89. The molecule has 2 aromatic rings. The molecule has 0 saturated heterocycles. The molecule has 0 saturated carbocycles. The second-order valence-electron chi connectivity index (χ2n) is 8.74. The normalized spacial score (nSPS) is 14.1. The largest absolute Gasteiger partial charge is 0.380 e. The summed E-state index contributed by atoms with van der Waals surface area (Å²) >= 11 is 6.50. The van der Waals surface area contributed by atoms with Gasteiger partial charge in [0.05, 0.1) is 10.7 Å². The number of nitrogens with one attached hydrogen (secondary N) is 3. The first-order chi connectivity index (χ1) is 13.8. The van der Waals surface area contributed by atoms with Crippen molar-refractivity contribution in [2.45, 2.75) is 46.6 Å². The van der Waals surface area contributed by atoms with Crippen LogP contribution < -0.4 is 16.0 Å². The van der Waals surface area contributed by atoms with Crippen molar-refractivity contribution in [1.82, 2.24) is 10.6 Å². The van der Waals surface area contributed by atoms with E-state index in [0.29, 0.717) is 6.54 Å². The van der Waals surface area contributed by atoms with Gasteiger partial charge >= 0.3 is 0 Å². The molecule has 156 valence electrons. The lowest BCUT2D eigenvalue weighted by Crippen LogP contribution is -2.35. The quantitative estimate of drug-likeness (QED) is 0.660. The van der Waals surface area contributed by atoms with Crippen molar-refractivity contribution in [2.24, 2.45) is 5.41 Å². The Bertz CT molecular complexity index is 840. The number of fused-ring (bicyclic) bond motifs is 1. The van der Waals surface area contributed by atoms with E-state index in [9.17, 15) is 4.79 Å². The Hall–Kier alpha value is -2.04. The molecule has 1 aliphatic rings. The zero-order chi connectivity index (χ0) is 20.9. The molecular weight excluding hydrogens is 382 g/mol. The zero-order valence-electron chi connectivity index (χ0n) is 17.7. The van der Waals surface area contributed by atoms with E-state index in [0.717, 1.165) is 49.6 Å². The van der Waals surface area contributed by atoms with Gasteiger partial charge in [-0.15, -0.1) is 0 Å². The minimum absolute atomic E-state index is 0.0902. The van der Waals surface area contributed by atoms with Crippen molar-refractivity contribution >= 4 is 23.2 Å². The first-order valence-corrected chi connectivity index (χ1v) is 10.8. The van der Waals surface area contributed by atoms with Gasteiger partial charge in [-0.25, -0.2) is 0 Å². The van der Waals surface area contributed by atoms with Crippen LogP contribution >= 0.6 is 11.6 Å². The van der Waals surface area contributed by atoms with Gasteiger partial charge in [0.15, 0.2) is 0 Å². The molecule has 4 nitrogen and oxygen atoms in total. The highest BCUT2D eigenvalue weighted by Gasteiger charge is 2.20. The molecule has 0 spiro atoms. The van der Waals surface area contributed by atoms with Crippen LogP contribution in [-0.2, 0) is 30.6 Å². The minimum atomic E-state index is -0.345. The molecule has 3 N–H and O–H groups in total. The lowest BCUT2D eigenvalue weighted by molar-refractivity contribution is -0.128. The van der Waals surface area contributed by atoms with E-state index in [4.69, 9.17) is 11.6 Å². The van der Waals surface area contributed by atoms with Crippen molar-refractivity contribution < 1.29 is 4.79 Å². The molecule has 29 heavy (non-hydrogen) atoms. The van der Waals surface area contributed by atoms with Crippen molar-refractivity contribution in [3.8, 4) is 0 Å². The number of anilines is 1. The zero-order valence-corrected chi connectivity index (χ0v) is 18.5. The Morgan fingerprint density at radius 1 is 1.03 bits per heavy atom. The molecular formula is C24H32ClN3O. The molecule has 5 heteroatoms. The summed E-state index contributed by atoms with van der Waals surface area (Å²) in [5, 5.41) is 10.8. The smallest absolute Gasteiger partial charge is 0.225 e. The Balaban J connectivity index is 1.57. The molecule has 1 amide bonds. The third-order valence-corrected chi connectivity index (χ3v) is 5.67. The fourth-order valence-corrected chi connectivity index (χ4v) is 3.78. The number of amides is 1. The van der Waals surface area contributed by atoms with Gasteiger partial charge in [-0.2, -0.15) is 0 Å². The van der Waals surface area contributed by atoms with Crippen molar-refractivity contribution in [1.29, 1.82) is 0 Å². The highest BCUT2D eigenvalue weighted by atomic mass is 35.5. The van der Waals surface area contributed by atoms with Crippen molar-refractivity contribution in [3.63, 3.8) is 0 Å². The Labute approximate surface area is 179 Å². The van der Waals surface area contributed by atoms with Crippen molar-refractivity contribution in [2.75, 3.05) is 25.0 Å². The molecule has 0 atom stereocenters. The molecule has 0 aromatic heterocycles. The van der Waals surface area contributed by atoms with Crippen LogP contribution in [0, 0.1) is 5.41 Å². The van der Waals surface area contributed by atoms with E-state index in [2.05, 4.69) is 46.3 Å². The summed E-state index contributed by atoms with van der Waals surface area (Å²) in [4.78, 5) is 11.9. The maximum Gasteiger partial charge on any atom is 0.225 e. The third-order valence-electron chi connectivity index (χ3n) is 5.35. The highest BCUT2D eigenvalue weighted by molar-refractivity contribution is 6.33. The van der Waals surface area contributed by atoms with Gasteiger partial charge in [0.2, 0.25) is 5.91 Å². The van der Waals surface area contributed by atoms with Crippen LogP contribution in [0.5, 0.6) is 0 Å². The van der Waals surface area contributed by atoms with Crippen LogP contribution in [0.1, 0.15) is 43.0 Å². The summed E-state index contributed by atoms with van der Waals surface area (Å²) < 4.78 is 0. The Kier molecular flexibility index (Phi) is 7.20. The predicted octanol–water partition coefficient (Wildman–Crippen LogP) is 4.35. The number of carbonyl (C=O) groups excluding carboxylic acids is 1. The Morgan fingerprint density at radius 2 is 1.72 bits per heavy atom. The van der Waals surface area contributed by atoms with E-state index in [1.165, 1.54) is 22.3 Å². The first kappa shape index (κ1) is 21.7. The maximum atomic E-state index is 11.9. The van der Waals surface area contributed by atoms with Gasteiger partial charge in [0, 0.05) is 18.5 Å². The molecule has 1 aliphatic heterocycles. The molecule has 0 unspecified atom stereocenters. The first-order valence-electron chi connectivity index (χ1n) is 10.5. The van der Waals surface area contributed by atoms with Gasteiger partial charge in [0.1, 0.15) is 0 Å². The second-order valence-corrected chi connectivity index (χ2v) is 9.14.